The highest BCUT2D eigenvalue weighted by molar-refractivity contribution is 7.80. The van der Waals surface area contributed by atoms with Crippen molar-refractivity contribution in [3.05, 3.63) is 35.4 Å². The van der Waals surface area contributed by atoms with Crippen molar-refractivity contribution >= 4 is 30.5 Å². The Hall–Kier alpha value is -2.66. The maximum atomic E-state index is 13.3. The van der Waals surface area contributed by atoms with E-state index < -0.39 is 29.7 Å². The Morgan fingerprint density at radius 1 is 1.26 bits per heavy atom. The molecule has 1 aromatic rings. The van der Waals surface area contributed by atoms with Crippen LogP contribution in [-0.2, 0) is 14.3 Å². The molecule has 0 radical (unpaired) electrons. The number of carbonyl (C=O) groups excluding carboxylic acids is 3. The van der Waals surface area contributed by atoms with Crippen LogP contribution in [0.2, 0.25) is 0 Å². The van der Waals surface area contributed by atoms with Crippen molar-refractivity contribution in [2.75, 3.05) is 12.3 Å². The van der Waals surface area contributed by atoms with Crippen LogP contribution >= 0.6 is 12.6 Å². The molecule has 1 aromatic carbocycles. The first-order valence-corrected chi connectivity index (χ1v) is 10.9. The molecule has 2 unspecified atom stereocenters. The molecule has 31 heavy (non-hydrogen) atoms. The van der Waals surface area contributed by atoms with Crippen LogP contribution in [0.5, 0.6) is 0 Å². The van der Waals surface area contributed by atoms with E-state index in [1.165, 1.54) is 0 Å². The molecule has 7 nitrogen and oxygen atoms in total. The minimum Gasteiger partial charge on any atom is -0.444 e. The molecule has 0 aromatic heterocycles. The molecule has 170 valence electrons. The number of ether oxygens (including phenoxy) is 1. The molecule has 0 spiro atoms. The summed E-state index contributed by atoms with van der Waals surface area (Å²) in [6.07, 6.45) is 6.63. The standard InChI is InChI=1S/C23H33N3O4S/c1-7-9-14-24-20(27)19(17-13-11-10-12-16(17)3)26(8-2)21(28)18(15-31)25-22(29)30-23(4,5)6/h2,10-13,18-19,31H,7,9,14-15H2,1,3-6H3,(H,24,27)(H,25,29). The fourth-order valence-corrected chi connectivity index (χ4v) is 3.09. The Bertz CT molecular complexity index is 814. The van der Waals surface area contributed by atoms with Crippen LogP contribution in [0.15, 0.2) is 24.3 Å². The van der Waals surface area contributed by atoms with Gasteiger partial charge in [0, 0.05) is 18.3 Å². The number of rotatable bonds is 9. The summed E-state index contributed by atoms with van der Waals surface area (Å²) in [5, 5.41) is 5.34. The van der Waals surface area contributed by atoms with Crippen molar-refractivity contribution in [2.24, 2.45) is 0 Å². The highest BCUT2D eigenvalue weighted by Gasteiger charge is 2.35. The van der Waals surface area contributed by atoms with Gasteiger partial charge >= 0.3 is 6.09 Å². The predicted octanol–water partition coefficient (Wildman–Crippen LogP) is 3.19. The third-order valence-corrected chi connectivity index (χ3v) is 4.73. The maximum absolute atomic E-state index is 13.3. The lowest BCUT2D eigenvalue weighted by molar-refractivity contribution is -0.138. The summed E-state index contributed by atoms with van der Waals surface area (Å²) in [5.41, 5.74) is 0.690. The number of aryl methyl sites for hydroxylation is 1. The van der Waals surface area contributed by atoms with E-state index in [0.29, 0.717) is 12.1 Å². The summed E-state index contributed by atoms with van der Waals surface area (Å²) in [6, 6.07) is 7.45. The number of unbranched alkanes of at least 4 members (excludes halogenated alkanes) is 1. The molecule has 0 fully saturated rings. The van der Waals surface area contributed by atoms with Crippen LogP contribution in [0, 0.1) is 19.4 Å². The highest BCUT2D eigenvalue weighted by Crippen LogP contribution is 2.25. The lowest BCUT2D eigenvalue weighted by Gasteiger charge is -2.30. The van der Waals surface area contributed by atoms with Crippen molar-refractivity contribution in [3.63, 3.8) is 0 Å². The number of amides is 3. The molecule has 0 aliphatic carbocycles. The van der Waals surface area contributed by atoms with Crippen molar-refractivity contribution in [1.29, 1.82) is 0 Å². The normalized spacial score (nSPS) is 12.8. The van der Waals surface area contributed by atoms with Gasteiger partial charge in [0.05, 0.1) is 0 Å². The second-order valence-electron chi connectivity index (χ2n) is 8.12. The zero-order valence-corrected chi connectivity index (χ0v) is 19.8. The summed E-state index contributed by atoms with van der Waals surface area (Å²) >= 11 is 4.18. The molecule has 0 bridgehead atoms. The van der Waals surface area contributed by atoms with E-state index in [1.54, 1.807) is 32.9 Å². The van der Waals surface area contributed by atoms with E-state index in [-0.39, 0.29) is 11.7 Å². The van der Waals surface area contributed by atoms with Gasteiger partial charge in [-0.25, -0.2) is 4.79 Å². The molecule has 3 amide bonds. The van der Waals surface area contributed by atoms with Crippen molar-refractivity contribution < 1.29 is 19.1 Å². The number of benzene rings is 1. The molecule has 0 aliphatic heterocycles. The molecular formula is C23H33N3O4S. The number of alkyl carbamates (subject to hydrolysis) is 1. The van der Waals surface area contributed by atoms with E-state index in [1.807, 2.05) is 26.0 Å². The molecule has 2 N–H and O–H groups in total. The first kappa shape index (κ1) is 26.4. The SMILES string of the molecule is C#CN(C(=O)C(CS)NC(=O)OC(C)(C)C)C(C(=O)NCCCC)c1ccccc1C. The van der Waals surface area contributed by atoms with Crippen LogP contribution in [0.3, 0.4) is 0 Å². The van der Waals surface area contributed by atoms with Crippen LogP contribution < -0.4 is 10.6 Å². The monoisotopic (exact) mass is 447 g/mol. The van der Waals surface area contributed by atoms with Crippen LogP contribution in [0.1, 0.15) is 57.7 Å². The van der Waals surface area contributed by atoms with Crippen LogP contribution in [0.25, 0.3) is 0 Å². The highest BCUT2D eigenvalue weighted by atomic mass is 32.1. The molecule has 1 rings (SSSR count). The van der Waals surface area contributed by atoms with E-state index >= 15 is 0 Å². The minimum absolute atomic E-state index is 0.0196. The molecular weight excluding hydrogens is 414 g/mol. The maximum Gasteiger partial charge on any atom is 0.408 e. The molecule has 0 aliphatic rings. The van der Waals surface area contributed by atoms with Gasteiger partial charge in [0.15, 0.2) is 0 Å². The Kier molecular flexibility index (Phi) is 10.4. The molecule has 2 atom stereocenters. The fourth-order valence-electron chi connectivity index (χ4n) is 2.84. The van der Waals surface area contributed by atoms with E-state index in [0.717, 1.165) is 23.3 Å². The van der Waals surface area contributed by atoms with E-state index in [4.69, 9.17) is 11.2 Å². The Balaban J connectivity index is 3.22. The zero-order chi connectivity index (χ0) is 23.6. The summed E-state index contributed by atoms with van der Waals surface area (Å²) < 4.78 is 5.23. The van der Waals surface area contributed by atoms with E-state index in [2.05, 4.69) is 29.3 Å². The van der Waals surface area contributed by atoms with Gasteiger partial charge < -0.3 is 15.4 Å². The molecule has 0 saturated heterocycles. The number of hydrogen-bond acceptors (Lipinski definition) is 5. The van der Waals surface area contributed by atoms with E-state index in [9.17, 15) is 14.4 Å². The predicted molar refractivity (Wildman–Crippen MR) is 125 cm³/mol. The van der Waals surface area contributed by atoms with Gasteiger partial charge in [-0.05, 0) is 45.2 Å². The summed E-state index contributed by atoms with van der Waals surface area (Å²) in [7, 11) is 0. The summed E-state index contributed by atoms with van der Waals surface area (Å²) in [6.45, 7) is 9.47. The first-order valence-electron chi connectivity index (χ1n) is 10.3. The zero-order valence-electron chi connectivity index (χ0n) is 18.9. The average molecular weight is 448 g/mol. The number of nitrogens with zero attached hydrogens (tertiary/aromatic N) is 1. The van der Waals surface area contributed by atoms with Gasteiger partial charge in [0.25, 0.3) is 5.91 Å². The smallest absolute Gasteiger partial charge is 0.408 e. The van der Waals surface area contributed by atoms with Crippen LogP contribution in [0.4, 0.5) is 4.79 Å². The topological polar surface area (TPSA) is 87.7 Å². The van der Waals surface area contributed by atoms with Gasteiger partial charge in [0.1, 0.15) is 17.7 Å². The quantitative estimate of drug-likeness (QED) is 0.235. The van der Waals surface area contributed by atoms with Crippen molar-refractivity contribution in [2.45, 2.75) is 65.1 Å². The van der Waals surface area contributed by atoms with Crippen molar-refractivity contribution in [3.8, 4) is 12.5 Å². The van der Waals surface area contributed by atoms with Gasteiger partial charge in [0.2, 0.25) is 5.91 Å². The number of carbonyl (C=O) groups is 3. The largest absolute Gasteiger partial charge is 0.444 e. The Morgan fingerprint density at radius 2 is 1.90 bits per heavy atom. The minimum atomic E-state index is -1.07. The van der Waals surface area contributed by atoms with Crippen molar-refractivity contribution in [1.82, 2.24) is 15.5 Å². The lowest BCUT2D eigenvalue weighted by atomic mass is 9.98. The van der Waals surface area contributed by atoms with Gasteiger partial charge in [-0.1, -0.05) is 44.0 Å². The molecule has 0 heterocycles. The third kappa shape index (κ3) is 8.18. The van der Waals surface area contributed by atoms with Crippen LogP contribution in [-0.4, -0.2) is 46.7 Å². The number of terminal acetylenes is 1. The first-order chi connectivity index (χ1) is 14.6. The number of nitrogens with one attached hydrogen (secondary N) is 2. The average Bonchev–Trinajstić information content (AvgIpc) is 2.69. The summed E-state index contributed by atoms with van der Waals surface area (Å²) in [5.74, 6) is -1.03. The lowest BCUT2D eigenvalue weighted by Crippen LogP contribution is -2.52. The fraction of sp³-hybridized carbons (Fsp3) is 0.522. The second-order valence-corrected chi connectivity index (χ2v) is 8.49. The summed E-state index contributed by atoms with van der Waals surface area (Å²) in [4.78, 5) is 39.5. The molecule has 8 heteroatoms. The third-order valence-electron chi connectivity index (χ3n) is 4.37. The Labute approximate surface area is 190 Å². The van der Waals surface area contributed by atoms with Gasteiger partial charge in [-0.15, -0.1) is 0 Å². The van der Waals surface area contributed by atoms with Gasteiger partial charge in [-0.2, -0.15) is 12.6 Å². The Morgan fingerprint density at radius 3 is 2.42 bits per heavy atom. The number of hydrogen-bond donors (Lipinski definition) is 3. The number of thiol groups is 1. The second kappa shape index (κ2) is 12.3. The van der Waals surface area contributed by atoms with Gasteiger partial charge in [-0.3, -0.25) is 14.5 Å². The molecule has 0 saturated carbocycles.